The number of pyridine rings is 1. The number of fused-ring (bicyclic) bond motifs is 1. The fourth-order valence-electron chi connectivity index (χ4n) is 2.28. The average molecular weight is 245 g/mol. The standard InChI is InChI=1S/C14H15NO3/c1-17-14-12(16)8-13(14)18-10-5-4-9-3-2-6-15-11(9)7-10/h2-7,12-14,16H,8H2,1H3. The topological polar surface area (TPSA) is 51.6 Å². The molecule has 1 aromatic carbocycles. The van der Waals surface area contributed by atoms with Crippen molar-refractivity contribution in [2.24, 2.45) is 0 Å². The number of hydrogen-bond acceptors (Lipinski definition) is 4. The quantitative estimate of drug-likeness (QED) is 0.895. The fourth-order valence-corrected chi connectivity index (χ4v) is 2.28. The van der Waals surface area contributed by atoms with Gasteiger partial charge in [0, 0.05) is 31.2 Å². The summed E-state index contributed by atoms with van der Waals surface area (Å²) in [5.41, 5.74) is 0.906. The number of methoxy groups -OCH3 is 1. The Kier molecular flexibility index (Phi) is 2.89. The molecule has 18 heavy (non-hydrogen) atoms. The SMILES string of the molecule is COC1C(O)CC1Oc1ccc2cccnc2c1. The Morgan fingerprint density at radius 1 is 1.33 bits per heavy atom. The van der Waals surface area contributed by atoms with E-state index < -0.39 is 6.10 Å². The second-order valence-electron chi connectivity index (χ2n) is 4.52. The van der Waals surface area contributed by atoms with Gasteiger partial charge < -0.3 is 14.6 Å². The second kappa shape index (κ2) is 4.55. The van der Waals surface area contributed by atoms with Gasteiger partial charge in [-0.1, -0.05) is 6.07 Å². The monoisotopic (exact) mass is 245 g/mol. The predicted molar refractivity (Wildman–Crippen MR) is 67.6 cm³/mol. The number of ether oxygens (including phenoxy) is 2. The maximum atomic E-state index is 9.51. The zero-order valence-electron chi connectivity index (χ0n) is 10.1. The summed E-state index contributed by atoms with van der Waals surface area (Å²) in [5.74, 6) is 0.764. The predicted octanol–water partition coefficient (Wildman–Crippen LogP) is 1.76. The Bertz CT molecular complexity index is 557. The fraction of sp³-hybridized carbons (Fsp3) is 0.357. The van der Waals surface area contributed by atoms with Crippen molar-refractivity contribution in [2.75, 3.05) is 7.11 Å². The van der Waals surface area contributed by atoms with Crippen LogP contribution < -0.4 is 4.74 Å². The van der Waals surface area contributed by atoms with E-state index in [1.54, 1.807) is 13.3 Å². The molecule has 3 unspecified atom stereocenters. The van der Waals surface area contributed by atoms with E-state index in [4.69, 9.17) is 9.47 Å². The van der Waals surface area contributed by atoms with Crippen molar-refractivity contribution in [2.45, 2.75) is 24.7 Å². The van der Waals surface area contributed by atoms with Gasteiger partial charge in [0.2, 0.25) is 0 Å². The highest BCUT2D eigenvalue weighted by atomic mass is 16.6. The minimum absolute atomic E-state index is 0.0776. The van der Waals surface area contributed by atoms with Crippen LogP contribution in [0.4, 0.5) is 0 Å². The molecule has 0 spiro atoms. The number of hydrogen-bond donors (Lipinski definition) is 1. The van der Waals surface area contributed by atoms with Gasteiger partial charge in [-0.15, -0.1) is 0 Å². The molecular formula is C14H15NO3. The summed E-state index contributed by atoms with van der Waals surface area (Å²) < 4.78 is 11.0. The van der Waals surface area contributed by atoms with Crippen molar-refractivity contribution in [3.63, 3.8) is 0 Å². The smallest absolute Gasteiger partial charge is 0.130 e. The Labute approximate surface area is 105 Å². The van der Waals surface area contributed by atoms with Gasteiger partial charge in [0.1, 0.15) is 18.0 Å². The summed E-state index contributed by atoms with van der Waals surface area (Å²) in [5, 5.41) is 10.6. The molecule has 3 atom stereocenters. The molecule has 2 aromatic rings. The first-order chi connectivity index (χ1) is 8.78. The van der Waals surface area contributed by atoms with E-state index in [0.717, 1.165) is 16.7 Å². The van der Waals surface area contributed by atoms with Gasteiger partial charge in [-0.2, -0.15) is 0 Å². The summed E-state index contributed by atoms with van der Waals surface area (Å²) in [6.45, 7) is 0. The second-order valence-corrected chi connectivity index (χ2v) is 4.52. The van der Waals surface area contributed by atoms with Crippen molar-refractivity contribution in [3.8, 4) is 5.75 Å². The first kappa shape index (κ1) is 11.4. The first-order valence-corrected chi connectivity index (χ1v) is 6.00. The highest BCUT2D eigenvalue weighted by Gasteiger charge is 2.42. The van der Waals surface area contributed by atoms with Crippen molar-refractivity contribution >= 4 is 10.9 Å². The first-order valence-electron chi connectivity index (χ1n) is 6.00. The summed E-state index contributed by atoms with van der Waals surface area (Å²) in [4.78, 5) is 4.29. The minimum atomic E-state index is -0.418. The Hall–Kier alpha value is -1.65. The molecule has 3 rings (SSSR count). The minimum Gasteiger partial charge on any atom is -0.487 e. The third kappa shape index (κ3) is 1.94. The van der Waals surface area contributed by atoms with Crippen LogP contribution in [0.5, 0.6) is 5.75 Å². The molecule has 1 aliphatic rings. The number of aliphatic hydroxyl groups is 1. The molecule has 0 amide bonds. The number of rotatable bonds is 3. The average Bonchev–Trinajstić information content (AvgIpc) is 2.38. The number of aliphatic hydroxyl groups excluding tert-OH is 1. The van der Waals surface area contributed by atoms with Gasteiger partial charge in [-0.05, 0) is 18.2 Å². The Morgan fingerprint density at radius 3 is 3.00 bits per heavy atom. The van der Waals surface area contributed by atoms with Crippen molar-refractivity contribution in [3.05, 3.63) is 36.5 Å². The van der Waals surface area contributed by atoms with Gasteiger partial charge >= 0.3 is 0 Å². The van der Waals surface area contributed by atoms with E-state index in [1.165, 1.54) is 0 Å². The highest BCUT2D eigenvalue weighted by Crippen LogP contribution is 2.29. The van der Waals surface area contributed by atoms with Crippen LogP contribution in [-0.4, -0.2) is 35.5 Å². The van der Waals surface area contributed by atoms with Crippen LogP contribution in [0.1, 0.15) is 6.42 Å². The van der Waals surface area contributed by atoms with E-state index >= 15 is 0 Å². The van der Waals surface area contributed by atoms with Crippen LogP contribution in [0, 0.1) is 0 Å². The highest BCUT2D eigenvalue weighted by molar-refractivity contribution is 5.79. The summed E-state index contributed by atoms with van der Waals surface area (Å²) in [7, 11) is 1.59. The molecule has 1 aromatic heterocycles. The van der Waals surface area contributed by atoms with Gasteiger partial charge in [0.25, 0.3) is 0 Å². The van der Waals surface area contributed by atoms with Crippen molar-refractivity contribution in [1.82, 2.24) is 4.98 Å². The molecule has 1 aliphatic carbocycles. The maximum absolute atomic E-state index is 9.51. The molecule has 0 bridgehead atoms. The number of aromatic nitrogens is 1. The van der Waals surface area contributed by atoms with Gasteiger partial charge in [-0.25, -0.2) is 0 Å². The van der Waals surface area contributed by atoms with Crippen LogP contribution in [0.25, 0.3) is 10.9 Å². The third-order valence-electron chi connectivity index (χ3n) is 3.36. The van der Waals surface area contributed by atoms with E-state index in [9.17, 15) is 5.11 Å². The molecule has 94 valence electrons. The van der Waals surface area contributed by atoms with Crippen LogP contribution in [0.2, 0.25) is 0 Å². The lowest BCUT2D eigenvalue weighted by molar-refractivity contribution is -0.149. The molecule has 0 radical (unpaired) electrons. The van der Waals surface area contributed by atoms with Crippen LogP contribution in [0.3, 0.4) is 0 Å². The lowest BCUT2D eigenvalue weighted by atomic mass is 9.88. The molecule has 1 saturated carbocycles. The molecule has 0 saturated heterocycles. The molecular weight excluding hydrogens is 230 g/mol. The van der Waals surface area contributed by atoms with Gasteiger partial charge in [0.15, 0.2) is 0 Å². The molecule has 1 N–H and O–H groups in total. The zero-order chi connectivity index (χ0) is 12.5. The maximum Gasteiger partial charge on any atom is 0.130 e. The Balaban J connectivity index is 1.79. The van der Waals surface area contributed by atoms with Crippen LogP contribution in [0.15, 0.2) is 36.5 Å². The lowest BCUT2D eigenvalue weighted by Crippen LogP contribution is -2.54. The van der Waals surface area contributed by atoms with Gasteiger partial charge in [0.05, 0.1) is 11.6 Å². The number of nitrogens with zero attached hydrogens (tertiary/aromatic N) is 1. The largest absolute Gasteiger partial charge is 0.487 e. The molecule has 1 fully saturated rings. The van der Waals surface area contributed by atoms with Crippen LogP contribution >= 0.6 is 0 Å². The van der Waals surface area contributed by atoms with Crippen molar-refractivity contribution < 1.29 is 14.6 Å². The third-order valence-corrected chi connectivity index (χ3v) is 3.36. The van der Waals surface area contributed by atoms with Crippen molar-refractivity contribution in [1.29, 1.82) is 0 Å². The summed E-state index contributed by atoms with van der Waals surface area (Å²) >= 11 is 0. The van der Waals surface area contributed by atoms with E-state index in [0.29, 0.717) is 6.42 Å². The zero-order valence-corrected chi connectivity index (χ0v) is 10.1. The van der Waals surface area contributed by atoms with E-state index in [2.05, 4.69) is 4.98 Å². The lowest BCUT2D eigenvalue weighted by Gasteiger charge is -2.39. The molecule has 4 nitrogen and oxygen atoms in total. The molecule has 1 heterocycles. The summed E-state index contributed by atoms with van der Waals surface area (Å²) in [6, 6.07) is 9.73. The van der Waals surface area contributed by atoms with Gasteiger partial charge in [-0.3, -0.25) is 4.98 Å². The normalized spacial score (nSPS) is 26.9. The Morgan fingerprint density at radius 2 is 2.22 bits per heavy atom. The van der Waals surface area contributed by atoms with Crippen LogP contribution in [-0.2, 0) is 4.74 Å². The molecule has 4 heteroatoms. The molecule has 0 aliphatic heterocycles. The van der Waals surface area contributed by atoms with E-state index in [1.807, 2.05) is 30.3 Å². The summed E-state index contributed by atoms with van der Waals surface area (Å²) in [6.07, 6.45) is 1.64. The number of benzene rings is 1. The van der Waals surface area contributed by atoms with E-state index in [-0.39, 0.29) is 12.2 Å².